The Kier molecular flexibility index (Phi) is 9.57. The van der Waals surface area contributed by atoms with E-state index >= 15 is 0 Å². The number of carbonyl (C=O) groups excluding carboxylic acids is 1. The van der Waals surface area contributed by atoms with Crippen LogP contribution in [0.15, 0.2) is 54.6 Å². The standard InChI is InChI=1S/C26H34N2O5/c1-20-12-15-28(16-13-20)14-5-17-32-23-10-8-21(9-11-23)18-24(25(29)30)27-26(31)33-19-22-6-3-2-4-7-22/h2-4,6-11,20,24H,5,12-19H2,1H3,(H,27,31)(H,29,30)/t24-/m0/s1. The number of hydrogen-bond donors (Lipinski definition) is 2. The van der Waals surface area contributed by atoms with E-state index < -0.39 is 18.1 Å². The lowest BCUT2D eigenvalue weighted by molar-refractivity contribution is -0.139. The smallest absolute Gasteiger partial charge is 0.408 e. The summed E-state index contributed by atoms with van der Waals surface area (Å²) < 4.78 is 11.0. The van der Waals surface area contributed by atoms with E-state index in [9.17, 15) is 14.7 Å². The van der Waals surface area contributed by atoms with Crippen LogP contribution in [0.1, 0.15) is 37.3 Å². The number of piperidine rings is 1. The van der Waals surface area contributed by atoms with E-state index in [-0.39, 0.29) is 13.0 Å². The van der Waals surface area contributed by atoms with Crippen LogP contribution in [0.4, 0.5) is 4.79 Å². The van der Waals surface area contributed by atoms with Crippen LogP contribution < -0.4 is 10.1 Å². The van der Waals surface area contributed by atoms with Crippen molar-refractivity contribution in [3.63, 3.8) is 0 Å². The van der Waals surface area contributed by atoms with E-state index in [0.29, 0.717) is 6.61 Å². The number of hydrogen-bond acceptors (Lipinski definition) is 5. The first-order valence-electron chi connectivity index (χ1n) is 11.6. The van der Waals surface area contributed by atoms with Gasteiger partial charge in [-0.3, -0.25) is 0 Å². The van der Waals surface area contributed by atoms with E-state index in [2.05, 4.69) is 17.1 Å². The first-order chi connectivity index (χ1) is 16.0. The molecule has 3 rings (SSSR count). The molecule has 0 unspecified atom stereocenters. The highest BCUT2D eigenvalue weighted by atomic mass is 16.5. The largest absolute Gasteiger partial charge is 0.494 e. The Labute approximate surface area is 195 Å². The highest BCUT2D eigenvalue weighted by molar-refractivity contribution is 5.80. The Morgan fingerprint density at radius 1 is 1.06 bits per heavy atom. The third-order valence-corrected chi connectivity index (χ3v) is 5.93. The molecule has 1 saturated heterocycles. The Bertz CT molecular complexity index is 864. The Morgan fingerprint density at radius 3 is 2.42 bits per heavy atom. The lowest BCUT2D eigenvalue weighted by Crippen LogP contribution is -2.42. The Hall–Kier alpha value is -3.06. The van der Waals surface area contributed by atoms with Crippen molar-refractivity contribution in [1.82, 2.24) is 10.2 Å². The number of amides is 1. The van der Waals surface area contributed by atoms with Crippen LogP contribution in [0.25, 0.3) is 0 Å². The molecule has 1 aliphatic rings. The maximum Gasteiger partial charge on any atom is 0.408 e. The van der Waals surface area contributed by atoms with Crippen molar-refractivity contribution >= 4 is 12.1 Å². The first-order valence-corrected chi connectivity index (χ1v) is 11.6. The number of carboxylic acids is 1. The zero-order valence-electron chi connectivity index (χ0n) is 19.2. The molecule has 33 heavy (non-hydrogen) atoms. The molecule has 1 fully saturated rings. The second-order valence-corrected chi connectivity index (χ2v) is 8.67. The highest BCUT2D eigenvalue weighted by Crippen LogP contribution is 2.17. The average Bonchev–Trinajstić information content (AvgIpc) is 2.83. The Balaban J connectivity index is 1.39. The zero-order valence-corrected chi connectivity index (χ0v) is 19.2. The molecular weight excluding hydrogens is 420 g/mol. The minimum atomic E-state index is -1.11. The van der Waals surface area contributed by atoms with Crippen LogP contribution in [0.5, 0.6) is 5.75 Å². The van der Waals surface area contributed by atoms with Crippen molar-refractivity contribution in [2.75, 3.05) is 26.2 Å². The third-order valence-electron chi connectivity index (χ3n) is 5.93. The van der Waals surface area contributed by atoms with Crippen LogP contribution in [0.2, 0.25) is 0 Å². The molecule has 0 spiro atoms. The maximum atomic E-state index is 12.0. The van der Waals surface area contributed by atoms with Crippen molar-refractivity contribution in [3.05, 3.63) is 65.7 Å². The summed E-state index contributed by atoms with van der Waals surface area (Å²) in [5.41, 5.74) is 1.63. The van der Waals surface area contributed by atoms with Crippen molar-refractivity contribution in [2.24, 2.45) is 5.92 Å². The summed E-state index contributed by atoms with van der Waals surface area (Å²) in [4.78, 5) is 26.1. The summed E-state index contributed by atoms with van der Waals surface area (Å²) in [5, 5.41) is 11.9. The van der Waals surface area contributed by atoms with E-state index in [1.54, 1.807) is 0 Å². The molecule has 1 heterocycles. The van der Waals surface area contributed by atoms with Gasteiger partial charge in [0.15, 0.2) is 0 Å². The molecule has 2 aromatic carbocycles. The summed E-state index contributed by atoms with van der Waals surface area (Å²) >= 11 is 0. The molecule has 0 bridgehead atoms. The van der Waals surface area contributed by atoms with Gasteiger partial charge in [0, 0.05) is 13.0 Å². The van der Waals surface area contributed by atoms with Gasteiger partial charge < -0.3 is 24.8 Å². The fraction of sp³-hybridized carbons (Fsp3) is 0.462. The number of benzene rings is 2. The third kappa shape index (κ3) is 8.77. The average molecular weight is 455 g/mol. The molecule has 7 heteroatoms. The number of likely N-dealkylation sites (tertiary alicyclic amines) is 1. The summed E-state index contributed by atoms with van der Waals surface area (Å²) in [6.45, 7) is 6.45. The van der Waals surface area contributed by atoms with Crippen LogP contribution in [0.3, 0.4) is 0 Å². The van der Waals surface area contributed by atoms with Crippen LogP contribution >= 0.6 is 0 Å². The molecule has 0 saturated carbocycles. The zero-order chi connectivity index (χ0) is 23.5. The van der Waals surface area contributed by atoms with Gasteiger partial charge in [-0.1, -0.05) is 49.4 Å². The van der Waals surface area contributed by atoms with Gasteiger partial charge >= 0.3 is 12.1 Å². The molecular formula is C26H34N2O5. The van der Waals surface area contributed by atoms with Gasteiger partial charge in [0.1, 0.15) is 18.4 Å². The van der Waals surface area contributed by atoms with Gasteiger partial charge in [-0.2, -0.15) is 0 Å². The fourth-order valence-electron chi connectivity index (χ4n) is 3.83. The number of carbonyl (C=O) groups is 2. The second kappa shape index (κ2) is 12.8. The molecule has 2 N–H and O–H groups in total. The molecule has 0 aliphatic carbocycles. The molecule has 178 valence electrons. The van der Waals surface area contributed by atoms with E-state index in [4.69, 9.17) is 9.47 Å². The van der Waals surface area contributed by atoms with Crippen LogP contribution in [-0.4, -0.2) is 54.4 Å². The first kappa shape index (κ1) is 24.6. The van der Waals surface area contributed by atoms with Crippen molar-refractivity contribution in [3.8, 4) is 5.75 Å². The molecule has 1 atom stereocenters. The van der Waals surface area contributed by atoms with E-state index in [0.717, 1.165) is 35.8 Å². The van der Waals surface area contributed by atoms with Gasteiger partial charge in [-0.25, -0.2) is 9.59 Å². The summed E-state index contributed by atoms with van der Waals surface area (Å²) in [6, 6.07) is 15.5. The molecule has 7 nitrogen and oxygen atoms in total. The lowest BCUT2D eigenvalue weighted by Gasteiger charge is -2.30. The van der Waals surface area contributed by atoms with Gasteiger partial charge in [0.05, 0.1) is 6.61 Å². The minimum Gasteiger partial charge on any atom is -0.494 e. The quantitative estimate of drug-likeness (QED) is 0.497. The normalized spacial score (nSPS) is 15.5. The number of alkyl carbamates (subject to hydrolysis) is 1. The van der Waals surface area contributed by atoms with E-state index in [1.807, 2.05) is 54.6 Å². The Morgan fingerprint density at radius 2 is 1.76 bits per heavy atom. The summed E-state index contributed by atoms with van der Waals surface area (Å²) in [5.74, 6) is 0.485. The fourth-order valence-corrected chi connectivity index (χ4v) is 3.83. The topological polar surface area (TPSA) is 88.1 Å². The predicted octanol–water partition coefficient (Wildman–Crippen LogP) is 4.11. The van der Waals surface area contributed by atoms with E-state index in [1.165, 1.54) is 25.9 Å². The number of nitrogens with one attached hydrogen (secondary N) is 1. The molecule has 0 aromatic heterocycles. The number of aliphatic carboxylic acids is 1. The number of rotatable bonds is 11. The van der Waals surface area contributed by atoms with Crippen molar-refractivity contribution < 1.29 is 24.2 Å². The predicted molar refractivity (Wildman–Crippen MR) is 126 cm³/mol. The van der Waals surface area contributed by atoms with Crippen molar-refractivity contribution in [2.45, 2.75) is 45.3 Å². The summed E-state index contributed by atoms with van der Waals surface area (Å²) in [6.07, 6.45) is 2.93. The number of ether oxygens (including phenoxy) is 2. The van der Waals surface area contributed by atoms with Gasteiger partial charge in [-0.05, 0) is 61.5 Å². The monoisotopic (exact) mass is 454 g/mol. The molecule has 2 aromatic rings. The second-order valence-electron chi connectivity index (χ2n) is 8.67. The van der Waals surface area contributed by atoms with Gasteiger partial charge in [-0.15, -0.1) is 0 Å². The van der Waals surface area contributed by atoms with Crippen LogP contribution in [-0.2, 0) is 22.6 Å². The van der Waals surface area contributed by atoms with Crippen molar-refractivity contribution in [1.29, 1.82) is 0 Å². The number of nitrogens with zero attached hydrogens (tertiary/aromatic N) is 1. The summed E-state index contributed by atoms with van der Waals surface area (Å²) in [7, 11) is 0. The molecule has 1 amide bonds. The maximum absolute atomic E-state index is 12.0. The lowest BCUT2D eigenvalue weighted by atomic mass is 9.99. The number of carboxylic acid groups (broad SMARTS) is 1. The molecule has 0 radical (unpaired) electrons. The van der Waals surface area contributed by atoms with Gasteiger partial charge in [0.25, 0.3) is 0 Å². The highest BCUT2D eigenvalue weighted by Gasteiger charge is 2.21. The SMILES string of the molecule is CC1CCN(CCCOc2ccc(C[C@H](NC(=O)OCc3ccccc3)C(=O)O)cc2)CC1. The molecule has 1 aliphatic heterocycles. The minimum absolute atomic E-state index is 0.0852. The van der Waals surface area contributed by atoms with Crippen LogP contribution in [0, 0.1) is 5.92 Å². The van der Waals surface area contributed by atoms with Gasteiger partial charge in [0.2, 0.25) is 0 Å².